The fourth-order valence-electron chi connectivity index (χ4n) is 1.84. The van der Waals surface area contributed by atoms with Crippen LogP contribution >= 0.6 is 12.4 Å². The van der Waals surface area contributed by atoms with Gasteiger partial charge in [-0.15, -0.1) is 12.4 Å². The number of amides is 1. The summed E-state index contributed by atoms with van der Waals surface area (Å²) < 4.78 is 15.1. The molecule has 8 heteroatoms. The molecule has 0 bridgehead atoms. The molecule has 120 valence electrons. The quantitative estimate of drug-likeness (QED) is 0.603. The Hall–Kier alpha value is -2.25. The average Bonchev–Trinajstić information content (AvgIpc) is 2.99. The third-order valence-electron chi connectivity index (χ3n) is 2.90. The molecule has 1 aromatic carbocycles. The van der Waals surface area contributed by atoms with E-state index in [9.17, 15) is 4.79 Å². The molecule has 0 aliphatic carbocycles. The molecule has 0 spiro atoms. The van der Waals surface area contributed by atoms with Gasteiger partial charge in [0.15, 0.2) is 0 Å². The summed E-state index contributed by atoms with van der Waals surface area (Å²) in [6, 6.07) is 7.08. The number of carbonyl (C=O) groups excluding carboxylic acids is 1. The van der Waals surface area contributed by atoms with Gasteiger partial charge in [0.1, 0.15) is 18.7 Å². The smallest absolute Gasteiger partial charge is 0.255 e. The predicted molar refractivity (Wildman–Crippen MR) is 82.3 cm³/mol. The van der Waals surface area contributed by atoms with Gasteiger partial charge >= 0.3 is 0 Å². The number of nitrogens with two attached hydrogens (primary N) is 1. The van der Waals surface area contributed by atoms with Crippen molar-refractivity contribution in [1.82, 2.24) is 4.90 Å². The van der Waals surface area contributed by atoms with Crippen LogP contribution in [-0.2, 0) is 25.5 Å². The second kappa shape index (κ2) is 8.26. The standard InChI is InChI=1S/C14H17N3O4.ClH/c1-19-7-12(18)17(13-8-20-9-21-13)6-10-2-4-11(5-3-10)14(15)16;/h2-5,8H,6-7,9H2,1H3,(H3,15,16);1H. The molecule has 0 unspecified atom stereocenters. The fourth-order valence-corrected chi connectivity index (χ4v) is 1.84. The molecule has 0 radical (unpaired) electrons. The van der Waals surface area contributed by atoms with Crippen molar-refractivity contribution in [2.75, 3.05) is 20.5 Å². The van der Waals surface area contributed by atoms with Crippen LogP contribution in [0.15, 0.2) is 36.4 Å². The van der Waals surface area contributed by atoms with Crippen LogP contribution in [-0.4, -0.2) is 37.2 Å². The molecule has 2 rings (SSSR count). The van der Waals surface area contributed by atoms with E-state index in [1.807, 2.05) is 0 Å². The summed E-state index contributed by atoms with van der Waals surface area (Å²) in [6.45, 7) is 0.358. The Labute approximate surface area is 134 Å². The molecule has 1 aliphatic rings. The molecule has 1 heterocycles. The first-order valence-corrected chi connectivity index (χ1v) is 6.29. The molecular formula is C14H18ClN3O4. The lowest BCUT2D eigenvalue weighted by molar-refractivity contribution is -0.136. The Kier molecular flexibility index (Phi) is 6.68. The number of halogens is 1. The Balaban J connectivity index is 0.00000242. The number of nitrogen functional groups attached to an aromatic ring is 1. The lowest BCUT2D eigenvalue weighted by atomic mass is 10.1. The highest BCUT2D eigenvalue weighted by Gasteiger charge is 2.22. The topological polar surface area (TPSA) is 97.9 Å². The zero-order valence-corrected chi connectivity index (χ0v) is 12.9. The summed E-state index contributed by atoms with van der Waals surface area (Å²) in [5, 5.41) is 7.36. The minimum absolute atomic E-state index is 0. The molecule has 0 aromatic heterocycles. The number of ether oxygens (including phenoxy) is 3. The van der Waals surface area contributed by atoms with E-state index in [0.29, 0.717) is 18.0 Å². The molecule has 22 heavy (non-hydrogen) atoms. The second-order valence-electron chi connectivity index (χ2n) is 4.41. The molecule has 3 N–H and O–H groups in total. The number of carbonyl (C=O) groups is 1. The molecule has 0 saturated carbocycles. The van der Waals surface area contributed by atoms with Gasteiger partial charge in [0, 0.05) is 12.7 Å². The normalized spacial score (nSPS) is 12.5. The van der Waals surface area contributed by atoms with Crippen molar-refractivity contribution in [2.24, 2.45) is 5.73 Å². The summed E-state index contributed by atoms with van der Waals surface area (Å²) in [5.74, 6) is 0.127. The van der Waals surface area contributed by atoms with Gasteiger partial charge in [-0.25, -0.2) is 0 Å². The summed E-state index contributed by atoms with van der Waals surface area (Å²) in [4.78, 5) is 13.5. The van der Waals surface area contributed by atoms with E-state index in [0.717, 1.165) is 5.56 Å². The first-order chi connectivity index (χ1) is 10.1. The van der Waals surface area contributed by atoms with Gasteiger partial charge in [0.2, 0.25) is 12.7 Å². The highest BCUT2D eigenvalue weighted by molar-refractivity contribution is 5.94. The van der Waals surface area contributed by atoms with Gasteiger partial charge in [0.25, 0.3) is 5.91 Å². The Morgan fingerprint density at radius 2 is 2.09 bits per heavy atom. The van der Waals surface area contributed by atoms with Crippen molar-refractivity contribution in [3.8, 4) is 0 Å². The highest BCUT2D eigenvalue weighted by atomic mass is 35.5. The van der Waals surface area contributed by atoms with Crippen molar-refractivity contribution in [1.29, 1.82) is 5.41 Å². The maximum Gasteiger partial charge on any atom is 0.255 e. The van der Waals surface area contributed by atoms with Gasteiger partial charge in [-0.1, -0.05) is 24.3 Å². The SMILES string of the molecule is COCC(=O)N(Cc1ccc(C(=N)N)cc1)C1=COCO1.Cl. The van der Waals surface area contributed by atoms with Crippen molar-refractivity contribution in [2.45, 2.75) is 6.54 Å². The number of methoxy groups -OCH3 is 1. The van der Waals surface area contributed by atoms with E-state index >= 15 is 0 Å². The Bertz CT molecular complexity index is 560. The van der Waals surface area contributed by atoms with Crippen LogP contribution in [0.2, 0.25) is 0 Å². The van der Waals surface area contributed by atoms with E-state index in [2.05, 4.69) is 0 Å². The number of benzene rings is 1. The third-order valence-corrected chi connectivity index (χ3v) is 2.90. The van der Waals surface area contributed by atoms with Gasteiger partial charge in [-0.05, 0) is 5.56 Å². The van der Waals surface area contributed by atoms with E-state index in [4.69, 9.17) is 25.4 Å². The van der Waals surface area contributed by atoms with Crippen LogP contribution < -0.4 is 5.73 Å². The first-order valence-electron chi connectivity index (χ1n) is 6.29. The van der Waals surface area contributed by atoms with E-state index < -0.39 is 0 Å². The molecule has 1 amide bonds. The van der Waals surface area contributed by atoms with Crippen molar-refractivity contribution in [3.63, 3.8) is 0 Å². The summed E-state index contributed by atoms with van der Waals surface area (Å²) >= 11 is 0. The lowest BCUT2D eigenvalue weighted by Crippen LogP contribution is -2.33. The van der Waals surface area contributed by atoms with Crippen LogP contribution in [0.1, 0.15) is 11.1 Å². The molecule has 1 aliphatic heterocycles. The largest absolute Gasteiger partial charge is 0.459 e. The maximum atomic E-state index is 12.1. The second-order valence-corrected chi connectivity index (χ2v) is 4.41. The molecule has 0 saturated heterocycles. The molecular weight excluding hydrogens is 310 g/mol. The van der Waals surface area contributed by atoms with Gasteiger partial charge in [-0.3, -0.25) is 15.1 Å². The molecule has 0 fully saturated rings. The van der Waals surface area contributed by atoms with Gasteiger partial charge in [-0.2, -0.15) is 0 Å². The Morgan fingerprint density at radius 3 is 2.59 bits per heavy atom. The van der Waals surface area contributed by atoms with Gasteiger partial charge in [0.05, 0.1) is 6.54 Å². The molecule has 7 nitrogen and oxygen atoms in total. The van der Waals surface area contributed by atoms with E-state index in [1.165, 1.54) is 18.3 Å². The lowest BCUT2D eigenvalue weighted by Gasteiger charge is -2.21. The van der Waals surface area contributed by atoms with Crippen molar-refractivity contribution in [3.05, 3.63) is 47.5 Å². The number of hydrogen-bond donors (Lipinski definition) is 2. The number of nitrogens with one attached hydrogen (secondary N) is 1. The summed E-state index contributed by atoms with van der Waals surface area (Å²) in [6.07, 6.45) is 1.40. The van der Waals surface area contributed by atoms with Crippen LogP contribution in [0.3, 0.4) is 0 Å². The summed E-state index contributed by atoms with van der Waals surface area (Å²) in [7, 11) is 1.46. The zero-order valence-electron chi connectivity index (χ0n) is 12.1. The van der Waals surface area contributed by atoms with E-state index in [-0.39, 0.29) is 37.5 Å². The number of amidine groups is 1. The van der Waals surface area contributed by atoms with Crippen LogP contribution in [0.25, 0.3) is 0 Å². The fraction of sp³-hybridized carbons (Fsp3) is 0.286. The maximum absolute atomic E-state index is 12.1. The molecule has 0 atom stereocenters. The molecule has 1 aromatic rings. The average molecular weight is 328 g/mol. The monoisotopic (exact) mass is 327 g/mol. The highest BCUT2D eigenvalue weighted by Crippen LogP contribution is 2.17. The Morgan fingerprint density at radius 1 is 1.41 bits per heavy atom. The zero-order chi connectivity index (χ0) is 15.2. The van der Waals surface area contributed by atoms with Crippen LogP contribution in [0, 0.1) is 5.41 Å². The van der Waals surface area contributed by atoms with Crippen LogP contribution in [0.4, 0.5) is 0 Å². The minimum atomic E-state index is -0.232. The van der Waals surface area contributed by atoms with Gasteiger partial charge < -0.3 is 19.9 Å². The van der Waals surface area contributed by atoms with Crippen molar-refractivity contribution < 1.29 is 19.0 Å². The summed E-state index contributed by atoms with van der Waals surface area (Å²) in [5.41, 5.74) is 6.92. The predicted octanol–water partition coefficient (Wildman–Crippen LogP) is 1.17. The van der Waals surface area contributed by atoms with Crippen molar-refractivity contribution >= 4 is 24.1 Å². The number of nitrogens with zero attached hydrogens (tertiary/aromatic N) is 1. The first kappa shape index (κ1) is 17.8. The number of rotatable bonds is 6. The van der Waals surface area contributed by atoms with Crippen LogP contribution in [0.5, 0.6) is 0 Å². The minimum Gasteiger partial charge on any atom is -0.459 e. The van der Waals surface area contributed by atoms with E-state index in [1.54, 1.807) is 24.3 Å². The third kappa shape index (κ3) is 4.37. The number of hydrogen-bond acceptors (Lipinski definition) is 5.